The summed E-state index contributed by atoms with van der Waals surface area (Å²) in [5, 5.41) is 8.47. The highest BCUT2D eigenvalue weighted by atomic mass is 35.5. The molecule has 1 atom stereocenters. The number of fused-ring (bicyclic) bond motifs is 1. The Balaban J connectivity index is 2.11. The first-order chi connectivity index (χ1) is 8.75. The number of nitrogens with zero attached hydrogens (tertiary/aromatic N) is 2. The molecule has 2 aromatic rings. The number of benzene rings is 2. The molecule has 1 amide bonds. The number of halogens is 1. The van der Waals surface area contributed by atoms with E-state index in [2.05, 4.69) is 10.2 Å². The van der Waals surface area contributed by atoms with Gasteiger partial charge in [-0.15, -0.1) is 5.11 Å². The van der Waals surface area contributed by atoms with Crippen LogP contribution >= 0.6 is 11.6 Å². The first-order valence-corrected chi connectivity index (χ1v) is 5.93. The largest absolute Gasteiger partial charge is 0.295 e. The van der Waals surface area contributed by atoms with Gasteiger partial charge in [0.25, 0.3) is 5.91 Å². The van der Waals surface area contributed by atoms with Crippen molar-refractivity contribution >= 4 is 17.5 Å². The number of hydrogen-bond donors (Lipinski definition) is 0. The fourth-order valence-electron chi connectivity index (χ4n) is 2.05. The van der Waals surface area contributed by atoms with Gasteiger partial charge in [0, 0.05) is 10.6 Å². The van der Waals surface area contributed by atoms with Crippen molar-refractivity contribution in [2.75, 3.05) is 0 Å². The summed E-state index contributed by atoms with van der Waals surface area (Å²) >= 11 is 5.87. The highest BCUT2D eigenvalue weighted by Gasteiger charge is 2.24. The Hall–Kier alpha value is -2.00. The third kappa shape index (κ3) is 1.83. The molecule has 2 aromatic carbocycles. The zero-order valence-corrected chi connectivity index (χ0v) is 10.1. The second-order valence-electron chi connectivity index (χ2n) is 4.06. The minimum atomic E-state index is -0.282. The van der Waals surface area contributed by atoms with Gasteiger partial charge in [-0.25, -0.2) is 0 Å². The van der Waals surface area contributed by atoms with Crippen LogP contribution in [-0.2, 0) is 0 Å². The average molecular weight is 257 g/mol. The van der Waals surface area contributed by atoms with Crippen LogP contribution in [0.2, 0.25) is 5.02 Å². The van der Waals surface area contributed by atoms with Gasteiger partial charge in [-0.2, -0.15) is 5.11 Å². The van der Waals surface area contributed by atoms with E-state index >= 15 is 0 Å². The quantitative estimate of drug-likeness (QED) is 0.759. The molecule has 1 aliphatic heterocycles. The molecule has 0 spiro atoms. The molecule has 0 N–H and O–H groups in total. The minimum absolute atomic E-state index is 0.226. The summed E-state index contributed by atoms with van der Waals surface area (Å²) in [6.07, 6.45) is 0. The Bertz CT molecular complexity index is 634. The Kier molecular flexibility index (Phi) is 2.68. The molecule has 0 fully saturated rings. The van der Waals surface area contributed by atoms with E-state index in [-0.39, 0.29) is 11.9 Å². The molecule has 1 unspecified atom stereocenters. The van der Waals surface area contributed by atoms with E-state index in [9.17, 15) is 4.79 Å². The predicted molar refractivity (Wildman–Crippen MR) is 68.9 cm³/mol. The van der Waals surface area contributed by atoms with Crippen LogP contribution in [0.5, 0.6) is 0 Å². The molecule has 0 aliphatic carbocycles. The zero-order chi connectivity index (χ0) is 12.5. The van der Waals surface area contributed by atoms with Crippen molar-refractivity contribution in [2.45, 2.75) is 6.04 Å². The second kappa shape index (κ2) is 4.35. The van der Waals surface area contributed by atoms with Gasteiger partial charge in [0.15, 0.2) is 0 Å². The number of carbonyl (C=O) groups is 1. The molecule has 1 heterocycles. The van der Waals surface area contributed by atoms with Crippen LogP contribution in [0.1, 0.15) is 27.5 Å². The van der Waals surface area contributed by atoms with Gasteiger partial charge < -0.3 is 0 Å². The SMILES string of the molecule is O=C1N=NC(c2ccc(Cl)cc2)c2ccccc21. The summed E-state index contributed by atoms with van der Waals surface area (Å²) in [5.41, 5.74) is 2.48. The first kappa shape index (κ1) is 11.1. The minimum Gasteiger partial charge on any atom is -0.265 e. The number of hydrogen-bond acceptors (Lipinski definition) is 2. The zero-order valence-electron chi connectivity index (χ0n) is 9.38. The molecule has 0 saturated carbocycles. The molecule has 4 heteroatoms. The van der Waals surface area contributed by atoms with Gasteiger partial charge in [-0.05, 0) is 29.3 Å². The summed E-state index contributed by atoms with van der Waals surface area (Å²) in [6, 6.07) is 14.6. The third-order valence-electron chi connectivity index (χ3n) is 2.94. The lowest BCUT2D eigenvalue weighted by Gasteiger charge is -2.18. The van der Waals surface area contributed by atoms with Crippen molar-refractivity contribution < 1.29 is 4.79 Å². The lowest BCUT2D eigenvalue weighted by Crippen LogP contribution is -2.10. The molecular formula is C14H9ClN2O. The van der Waals surface area contributed by atoms with Crippen molar-refractivity contribution in [3.8, 4) is 0 Å². The second-order valence-corrected chi connectivity index (χ2v) is 4.50. The number of azo groups is 1. The lowest BCUT2D eigenvalue weighted by atomic mass is 9.94. The van der Waals surface area contributed by atoms with Crippen molar-refractivity contribution in [3.05, 3.63) is 70.2 Å². The van der Waals surface area contributed by atoms with Gasteiger partial charge in [0.1, 0.15) is 6.04 Å². The Morgan fingerprint density at radius 1 is 1.00 bits per heavy atom. The van der Waals surface area contributed by atoms with Crippen molar-refractivity contribution in [3.63, 3.8) is 0 Å². The van der Waals surface area contributed by atoms with Crippen LogP contribution in [0.25, 0.3) is 0 Å². The number of carbonyl (C=O) groups excluding carboxylic acids is 1. The molecule has 88 valence electrons. The van der Waals surface area contributed by atoms with Crippen LogP contribution < -0.4 is 0 Å². The maximum atomic E-state index is 11.6. The maximum Gasteiger partial charge on any atom is 0.295 e. The smallest absolute Gasteiger partial charge is 0.265 e. The molecular weight excluding hydrogens is 248 g/mol. The van der Waals surface area contributed by atoms with E-state index in [1.54, 1.807) is 6.07 Å². The van der Waals surface area contributed by atoms with E-state index in [4.69, 9.17) is 11.6 Å². The van der Waals surface area contributed by atoms with Crippen molar-refractivity contribution in [2.24, 2.45) is 10.2 Å². The topological polar surface area (TPSA) is 41.8 Å². The Labute approximate surface area is 109 Å². The summed E-state index contributed by atoms with van der Waals surface area (Å²) < 4.78 is 0. The molecule has 3 rings (SSSR count). The van der Waals surface area contributed by atoms with Crippen molar-refractivity contribution in [1.82, 2.24) is 0 Å². The van der Waals surface area contributed by atoms with Crippen LogP contribution in [-0.4, -0.2) is 5.91 Å². The summed E-state index contributed by atoms with van der Waals surface area (Å²) in [4.78, 5) is 11.6. The van der Waals surface area contributed by atoms with E-state index in [1.807, 2.05) is 42.5 Å². The maximum absolute atomic E-state index is 11.6. The normalized spacial score (nSPS) is 17.6. The van der Waals surface area contributed by atoms with Crippen LogP contribution in [0.4, 0.5) is 0 Å². The molecule has 0 saturated heterocycles. The molecule has 0 bridgehead atoms. The van der Waals surface area contributed by atoms with Crippen molar-refractivity contribution in [1.29, 1.82) is 0 Å². The monoisotopic (exact) mass is 256 g/mol. The van der Waals surface area contributed by atoms with Gasteiger partial charge in [-0.3, -0.25) is 4.79 Å². The molecule has 1 aliphatic rings. The van der Waals surface area contributed by atoms with Crippen LogP contribution in [0.15, 0.2) is 58.8 Å². The van der Waals surface area contributed by atoms with E-state index in [1.165, 1.54) is 0 Å². The predicted octanol–water partition coefficient (Wildman–Crippen LogP) is 4.04. The van der Waals surface area contributed by atoms with Gasteiger partial charge in [0.2, 0.25) is 0 Å². The first-order valence-electron chi connectivity index (χ1n) is 5.55. The third-order valence-corrected chi connectivity index (χ3v) is 3.19. The number of amides is 1. The fourth-order valence-corrected chi connectivity index (χ4v) is 2.17. The van der Waals surface area contributed by atoms with Gasteiger partial charge in [-0.1, -0.05) is 41.9 Å². The standard InChI is InChI=1S/C14H9ClN2O/c15-10-7-5-9(6-8-10)13-11-3-1-2-4-12(11)14(18)17-16-13/h1-8,13H. The molecule has 18 heavy (non-hydrogen) atoms. The lowest BCUT2D eigenvalue weighted by molar-refractivity contribution is 0.0986. The Morgan fingerprint density at radius 2 is 1.72 bits per heavy atom. The van der Waals surface area contributed by atoms with Crippen LogP contribution in [0.3, 0.4) is 0 Å². The van der Waals surface area contributed by atoms with Crippen LogP contribution in [0, 0.1) is 0 Å². The number of rotatable bonds is 1. The van der Waals surface area contributed by atoms with Gasteiger partial charge in [0.05, 0.1) is 0 Å². The fraction of sp³-hybridized carbons (Fsp3) is 0.0714. The summed E-state index contributed by atoms with van der Waals surface area (Å²) in [7, 11) is 0. The molecule has 0 aromatic heterocycles. The van der Waals surface area contributed by atoms with Gasteiger partial charge >= 0.3 is 0 Å². The van der Waals surface area contributed by atoms with E-state index in [0.29, 0.717) is 10.6 Å². The highest BCUT2D eigenvalue weighted by Crippen LogP contribution is 2.33. The highest BCUT2D eigenvalue weighted by molar-refractivity contribution is 6.30. The summed E-state index contributed by atoms with van der Waals surface area (Å²) in [6.45, 7) is 0. The Morgan fingerprint density at radius 3 is 2.50 bits per heavy atom. The molecule has 0 radical (unpaired) electrons. The average Bonchev–Trinajstić information content (AvgIpc) is 2.41. The molecule has 3 nitrogen and oxygen atoms in total. The van der Waals surface area contributed by atoms with E-state index < -0.39 is 0 Å². The van der Waals surface area contributed by atoms with E-state index in [0.717, 1.165) is 11.1 Å². The summed E-state index contributed by atoms with van der Waals surface area (Å²) in [5.74, 6) is -0.282.